The van der Waals surface area contributed by atoms with E-state index >= 15 is 0 Å². The molecule has 0 radical (unpaired) electrons. The SMILES string of the molecule is NC1=N[C@@H](c2ccc(F)c(F)c2)CO1. The van der Waals surface area contributed by atoms with E-state index in [1.807, 2.05) is 0 Å². The largest absolute Gasteiger partial charge is 0.463 e. The summed E-state index contributed by atoms with van der Waals surface area (Å²) in [6.07, 6.45) is 0. The highest BCUT2D eigenvalue weighted by atomic mass is 19.2. The van der Waals surface area contributed by atoms with Gasteiger partial charge in [0.25, 0.3) is 6.02 Å². The van der Waals surface area contributed by atoms with Crippen LogP contribution in [0.15, 0.2) is 23.2 Å². The molecule has 1 aliphatic heterocycles. The number of hydrogen-bond donors (Lipinski definition) is 1. The first-order chi connectivity index (χ1) is 6.66. The fourth-order valence-electron chi connectivity index (χ4n) is 1.28. The summed E-state index contributed by atoms with van der Waals surface area (Å²) in [6, 6.07) is 3.39. The van der Waals surface area contributed by atoms with Gasteiger partial charge in [-0.3, -0.25) is 0 Å². The van der Waals surface area contributed by atoms with Crippen molar-refractivity contribution in [2.24, 2.45) is 10.7 Å². The van der Waals surface area contributed by atoms with Crippen LogP contribution >= 0.6 is 0 Å². The molecule has 0 bridgehead atoms. The van der Waals surface area contributed by atoms with Gasteiger partial charge in [-0.15, -0.1) is 0 Å². The quantitative estimate of drug-likeness (QED) is 0.740. The maximum atomic E-state index is 12.8. The molecule has 0 saturated carbocycles. The molecule has 0 spiro atoms. The molecule has 0 unspecified atom stereocenters. The summed E-state index contributed by atoms with van der Waals surface area (Å²) in [5, 5.41) is 0. The minimum Gasteiger partial charge on any atom is -0.463 e. The van der Waals surface area contributed by atoms with Gasteiger partial charge in [0, 0.05) is 0 Å². The van der Waals surface area contributed by atoms with Gasteiger partial charge < -0.3 is 10.5 Å². The third-order valence-electron chi connectivity index (χ3n) is 2.00. The Kier molecular flexibility index (Phi) is 2.07. The van der Waals surface area contributed by atoms with Crippen molar-refractivity contribution < 1.29 is 13.5 Å². The van der Waals surface area contributed by atoms with E-state index in [0.29, 0.717) is 5.56 Å². The molecule has 74 valence electrons. The lowest BCUT2D eigenvalue weighted by Crippen LogP contribution is -2.10. The maximum absolute atomic E-state index is 12.8. The molecule has 0 amide bonds. The van der Waals surface area contributed by atoms with Crippen molar-refractivity contribution in [2.75, 3.05) is 6.61 Å². The first-order valence-electron chi connectivity index (χ1n) is 4.08. The molecular formula is C9H8F2N2O. The van der Waals surface area contributed by atoms with Gasteiger partial charge in [-0.2, -0.15) is 0 Å². The van der Waals surface area contributed by atoms with Crippen molar-refractivity contribution in [3.63, 3.8) is 0 Å². The molecule has 14 heavy (non-hydrogen) atoms. The van der Waals surface area contributed by atoms with Crippen molar-refractivity contribution in [1.82, 2.24) is 0 Å². The van der Waals surface area contributed by atoms with E-state index in [9.17, 15) is 8.78 Å². The Morgan fingerprint density at radius 2 is 2.14 bits per heavy atom. The molecule has 0 fully saturated rings. The number of aliphatic imine (C=N–C) groups is 1. The molecule has 0 aromatic heterocycles. The zero-order valence-corrected chi connectivity index (χ0v) is 7.21. The summed E-state index contributed by atoms with van der Waals surface area (Å²) in [4.78, 5) is 3.91. The number of nitrogens with two attached hydrogens (primary N) is 1. The summed E-state index contributed by atoms with van der Waals surface area (Å²) in [5.41, 5.74) is 5.85. The molecule has 2 N–H and O–H groups in total. The summed E-state index contributed by atoms with van der Waals surface area (Å²) in [5.74, 6) is -1.76. The molecule has 5 heteroatoms. The normalized spacial score (nSPS) is 20.4. The number of ether oxygens (including phenoxy) is 1. The molecule has 1 aromatic carbocycles. The fourth-order valence-corrected chi connectivity index (χ4v) is 1.28. The zero-order valence-electron chi connectivity index (χ0n) is 7.21. The van der Waals surface area contributed by atoms with Crippen molar-refractivity contribution in [3.05, 3.63) is 35.4 Å². The molecule has 0 aliphatic carbocycles. The molecular weight excluding hydrogens is 190 g/mol. The van der Waals surface area contributed by atoms with Crippen molar-refractivity contribution in [1.29, 1.82) is 0 Å². The number of halogens is 2. The van der Waals surface area contributed by atoms with Crippen LogP contribution in [0.4, 0.5) is 8.78 Å². The Balaban J connectivity index is 2.29. The lowest BCUT2D eigenvalue weighted by atomic mass is 10.1. The summed E-state index contributed by atoms with van der Waals surface area (Å²) < 4.78 is 30.3. The van der Waals surface area contributed by atoms with Crippen LogP contribution in [0.5, 0.6) is 0 Å². The van der Waals surface area contributed by atoms with Gasteiger partial charge in [0.2, 0.25) is 0 Å². The highest BCUT2D eigenvalue weighted by Gasteiger charge is 2.19. The van der Waals surface area contributed by atoms with E-state index in [1.54, 1.807) is 0 Å². The van der Waals surface area contributed by atoms with Gasteiger partial charge in [0.1, 0.15) is 12.6 Å². The van der Waals surface area contributed by atoms with E-state index in [2.05, 4.69) is 4.99 Å². The average Bonchev–Trinajstić information content (AvgIpc) is 2.57. The molecule has 1 aromatic rings. The van der Waals surface area contributed by atoms with Crippen LogP contribution in [0.2, 0.25) is 0 Å². The number of hydrogen-bond acceptors (Lipinski definition) is 3. The van der Waals surface area contributed by atoms with Crippen molar-refractivity contribution in [2.45, 2.75) is 6.04 Å². The first kappa shape index (κ1) is 8.93. The van der Waals surface area contributed by atoms with Crippen molar-refractivity contribution in [3.8, 4) is 0 Å². The van der Waals surface area contributed by atoms with Gasteiger partial charge in [0.15, 0.2) is 11.6 Å². The predicted molar refractivity (Wildman–Crippen MR) is 46.7 cm³/mol. The maximum Gasteiger partial charge on any atom is 0.282 e. The number of rotatable bonds is 1. The second-order valence-corrected chi connectivity index (χ2v) is 2.97. The molecule has 1 aliphatic rings. The number of benzene rings is 1. The van der Waals surface area contributed by atoms with E-state index in [-0.39, 0.29) is 18.7 Å². The van der Waals surface area contributed by atoms with Crippen LogP contribution in [0.1, 0.15) is 11.6 Å². The van der Waals surface area contributed by atoms with E-state index in [4.69, 9.17) is 10.5 Å². The summed E-state index contributed by atoms with van der Waals surface area (Å²) in [7, 11) is 0. The second kappa shape index (κ2) is 3.25. The lowest BCUT2D eigenvalue weighted by molar-refractivity contribution is 0.314. The Hall–Kier alpha value is -1.65. The fraction of sp³-hybridized carbons (Fsp3) is 0.222. The minimum absolute atomic E-state index is 0.0831. The van der Waals surface area contributed by atoms with Crippen LogP contribution in [-0.2, 0) is 4.74 Å². The zero-order chi connectivity index (χ0) is 10.1. The van der Waals surface area contributed by atoms with Crippen LogP contribution in [0.25, 0.3) is 0 Å². The average molecular weight is 198 g/mol. The predicted octanol–water partition coefficient (Wildman–Crippen LogP) is 1.35. The molecule has 1 heterocycles. The van der Waals surface area contributed by atoms with Crippen LogP contribution in [0, 0.1) is 11.6 Å². The van der Waals surface area contributed by atoms with Gasteiger partial charge in [-0.1, -0.05) is 6.07 Å². The molecule has 3 nitrogen and oxygen atoms in total. The van der Waals surface area contributed by atoms with Gasteiger partial charge >= 0.3 is 0 Å². The van der Waals surface area contributed by atoms with Crippen LogP contribution in [0.3, 0.4) is 0 Å². The van der Waals surface area contributed by atoms with Crippen LogP contribution in [-0.4, -0.2) is 12.6 Å². The molecule has 1 atom stereocenters. The third-order valence-corrected chi connectivity index (χ3v) is 2.00. The van der Waals surface area contributed by atoms with E-state index in [1.165, 1.54) is 6.07 Å². The van der Waals surface area contributed by atoms with Gasteiger partial charge in [0.05, 0.1) is 0 Å². The standard InChI is InChI=1S/C9H8F2N2O/c10-6-2-1-5(3-7(6)11)8-4-14-9(12)13-8/h1-3,8H,4H2,(H2,12,13)/t8-/m1/s1. The highest BCUT2D eigenvalue weighted by molar-refractivity contribution is 5.73. The Labute approximate surface area is 79.2 Å². The Morgan fingerprint density at radius 3 is 2.71 bits per heavy atom. The number of nitrogens with zero attached hydrogens (tertiary/aromatic N) is 1. The van der Waals surface area contributed by atoms with Crippen LogP contribution < -0.4 is 5.73 Å². The Morgan fingerprint density at radius 1 is 1.36 bits per heavy atom. The van der Waals surface area contributed by atoms with E-state index < -0.39 is 11.6 Å². The number of amidine groups is 1. The first-order valence-corrected chi connectivity index (χ1v) is 4.08. The Bertz CT molecular complexity index is 392. The highest BCUT2D eigenvalue weighted by Crippen LogP contribution is 2.23. The topological polar surface area (TPSA) is 47.6 Å². The van der Waals surface area contributed by atoms with Crippen molar-refractivity contribution >= 4 is 6.02 Å². The smallest absolute Gasteiger partial charge is 0.282 e. The van der Waals surface area contributed by atoms with E-state index in [0.717, 1.165) is 12.1 Å². The molecule has 0 saturated heterocycles. The van der Waals surface area contributed by atoms with Gasteiger partial charge in [-0.25, -0.2) is 13.8 Å². The third kappa shape index (κ3) is 1.53. The second-order valence-electron chi connectivity index (χ2n) is 2.97. The monoisotopic (exact) mass is 198 g/mol. The molecule has 2 rings (SSSR count). The minimum atomic E-state index is -0.886. The van der Waals surface area contributed by atoms with Gasteiger partial charge in [-0.05, 0) is 17.7 Å². The lowest BCUT2D eigenvalue weighted by Gasteiger charge is -2.04. The summed E-state index contributed by atoms with van der Waals surface area (Å²) in [6.45, 7) is 0.275. The summed E-state index contributed by atoms with van der Waals surface area (Å²) >= 11 is 0.